The third-order valence-electron chi connectivity index (χ3n) is 6.65. The van der Waals surface area contributed by atoms with Crippen LogP contribution in [-0.2, 0) is 11.8 Å². The van der Waals surface area contributed by atoms with Crippen LogP contribution in [0.2, 0.25) is 5.02 Å². The van der Waals surface area contributed by atoms with Crippen LogP contribution < -0.4 is 21.1 Å². The van der Waals surface area contributed by atoms with Crippen molar-refractivity contribution in [3.05, 3.63) is 71.2 Å². The zero-order valence-corrected chi connectivity index (χ0v) is 25.7. The number of amides is 2. The van der Waals surface area contributed by atoms with Crippen LogP contribution in [0.4, 0.5) is 29.1 Å². The van der Waals surface area contributed by atoms with Crippen LogP contribution in [0, 0.1) is 11.8 Å². The van der Waals surface area contributed by atoms with Crippen molar-refractivity contribution in [2.75, 3.05) is 24.7 Å². The highest BCUT2D eigenvalue weighted by Gasteiger charge is 2.29. The molecule has 5 N–H and O–H groups in total. The van der Waals surface area contributed by atoms with Crippen molar-refractivity contribution in [2.24, 2.45) is 7.05 Å². The quantitative estimate of drug-likeness (QED) is 0.110. The number of aryl methyl sites for hydroxylation is 1. The van der Waals surface area contributed by atoms with Crippen LogP contribution in [-0.4, -0.2) is 51.9 Å². The van der Waals surface area contributed by atoms with E-state index in [0.29, 0.717) is 38.9 Å². The van der Waals surface area contributed by atoms with Gasteiger partial charge < -0.3 is 30.8 Å². The zero-order chi connectivity index (χ0) is 34.1. The van der Waals surface area contributed by atoms with Crippen molar-refractivity contribution in [2.45, 2.75) is 25.6 Å². The smallest absolute Gasteiger partial charge is 0.405 e. The molecule has 4 aromatic rings. The fourth-order valence-corrected chi connectivity index (χ4v) is 4.98. The van der Waals surface area contributed by atoms with Crippen molar-refractivity contribution < 1.29 is 37.0 Å². The van der Waals surface area contributed by atoms with E-state index in [1.165, 1.54) is 57.5 Å². The summed E-state index contributed by atoms with van der Waals surface area (Å²) in [7, 11) is 2.98. The molecule has 0 radical (unpaired) electrons. The predicted octanol–water partition coefficient (Wildman–Crippen LogP) is 5.99. The lowest BCUT2D eigenvalue weighted by molar-refractivity contribution is -0.123. The van der Waals surface area contributed by atoms with Crippen LogP contribution in [0.3, 0.4) is 0 Å². The first-order chi connectivity index (χ1) is 21.4. The number of nitrogens with one attached hydrogen (secondary N) is 2. The van der Waals surface area contributed by atoms with E-state index >= 15 is 0 Å². The Kier molecular flexibility index (Phi) is 9.37. The minimum Gasteiger partial charge on any atom is -0.496 e. The molecule has 4 rings (SSSR count). The van der Waals surface area contributed by atoms with E-state index in [4.69, 9.17) is 22.1 Å². The maximum absolute atomic E-state index is 13.3. The van der Waals surface area contributed by atoms with Gasteiger partial charge in [0.25, 0.3) is 11.8 Å². The summed E-state index contributed by atoms with van der Waals surface area (Å²) in [6.45, 7) is 4.47. The fourth-order valence-electron chi connectivity index (χ4n) is 4.71. The Hall–Kier alpha value is -5.06. The largest absolute Gasteiger partial charge is 0.496 e. The van der Waals surface area contributed by atoms with Gasteiger partial charge in [-0.25, -0.2) is 9.37 Å². The van der Waals surface area contributed by atoms with Gasteiger partial charge in [0, 0.05) is 30.1 Å². The molecule has 240 valence electrons. The van der Waals surface area contributed by atoms with Gasteiger partial charge in [0.15, 0.2) is 5.83 Å². The van der Waals surface area contributed by atoms with E-state index in [1.807, 2.05) is 5.32 Å². The first-order valence-electron chi connectivity index (χ1n) is 13.4. The molecule has 2 aromatic heterocycles. The van der Waals surface area contributed by atoms with Gasteiger partial charge in [0.2, 0.25) is 0 Å². The number of hydrogen-bond donors (Lipinski definition) is 4. The second-order valence-electron chi connectivity index (χ2n) is 10.6. The Morgan fingerprint density at radius 3 is 2.48 bits per heavy atom. The number of nitrogens with zero attached hydrogens (tertiary/aromatic N) is 2. The number of carbonyl (C=O) groups excluding carboxylic acids is 2. The topological polar surface area (TPSA) is 132 Å². The number of anilines is 2. The molecule has 46 heavy (non-hydrogen) atoms. The third-order valence-corrected chi connectivity index (χ3v) is 6.97. The summed E-state index contributed by atoms with van der Waals surface area (Å²) in [4.78, 5) is 28.8. The predicted molar refractivity (Wildman–Crippen MR) is 168 cm³/mol. The SMILES string of the molecule is C=C(F)C(=O)Nc1ccc(-c2c(-c3ccc(C(=O)NCC(F)(F)F)c(OC)c3)c3c(N)ncc(C#CC(C)(C)O)c3n2C)c(Cl)c1. The molecule has 0 unspecified atom stereocenters. The number of hydrogen-bond acceptors (Lipinski definition) is 6. The molecule has 0 aliphatic heterocycles. The summed E-state index contributed by atoms with van der Waals surface area (Å²) >= 11 is 6.73. The van der Waals surface area contributed by atoms with E-state index in [2.05, 4.69) is 28.7 Å². The second kappa shape index (κ2) is 12.7. The number of ether oxygens (including phenoxy) is 1. The number of alkyl halides is 3. The van der Waals surface area contributed by atoms with Gasteiger partial charge in [-0.15, -0.1) is 0 Å². The second-order valence-corrected chi connectivity index (χ2v) is 11.0. The van der Waals surface area contributed by atoms with E-state index < -0.39 is 36.0 Å². The molecule has 0 saturated carbocycles. The van der Waals surface area contributed by atoms with Gasteiger partial charge >= 0.3 is 6.18 Å². The van der Waals surface area contributed by atoms with Crippen molar-refractivity contribution in [1.29, 1.82) is 0 Å². The summed E-state index contributed by atoms with van der Waals surface area (Å²) in [5.41, 5.74) is 7.81. The lowest BCUT2D eigenvalue weighted by Gasteiger charge is -2.15. The Morgan fingerprint density at radius 1 is 1.20 bits per heavy atom. The molecule has 0 aliphatic carbocycles. The molecule has 14 heteroatoms. The first-order valence-corrected chi connectivity index (χ1v) is 13.8. The van der Waals surface area contributed by atoms with Crippen LogP contribution in [0.1, 0.15) is 29.8 Å². The van der Waals surface area contributed by atoms with E-state index in [0.717, 1.165) is 0 Å². The van der Waals surface area contributed by atoms with E-state index in [1.54, 1.807) is 17.7 Å². The van der Waals surface area contributed by atoms with Gasteiger partial charge in [-0.3, -0.25) is 9.59 Å². The Morgan fingerprint density at radius 2 is 1.89 bits per heavy atom. The Labute approximate surface area is 266 Å². The molecule has 0 saturated heterocycles. The highest BCUT2D eigenvalue weighted by Crippen LogP contribution is 2.46. The minimum atomic E-state index is -4.62. The van der Waals surface area contributed by atoms with E-state index in [-0.39, 0.29) is 27.8 Å². The average molecular weight is 658 g/mol. The van der Waals surface area contributed by atoms with Crippen molar-refractivity contribution in [3.8, 4) is 40.0 Å². The number of benzene rings is 2. The van der Waals surface area contributed by atoms with Gasteiger partial charge in [-0.2, -0.15) is 13.2 Å². The van der Waals surface area contributed by atoms with Crippen LogP contribution in [0.5, 0.6) is 5.75 Å². The van der Waals surface area contributed by atoms with Gasteiger partial charge in [-0.1, -0.05) is 36.1 Å². The number of nitrogen functional groups attached to an aromatic ring is 1. The number of aromatic nitrogens is 2. The molecule has 2 heterocycles. The zero-order valence-electron chi connectivity index (χ0n) is 25.0. The lowest BCUT2D eigenvalue weighted by Crippen LogP contribution is -2.33. The van der Waals surface area contributed by atoms with E-state index in [9.17, 15) is 32.3 Å². The lowest BCUT2D eigenvalue weighted by atomic mass is 9.96. The number of carbonyl (C=O) groups is 2. The summed E-state index contributed by atoms with van der Waals surface area (Å²) < 4.78 is 58.7. The van der Waals surface area contributed by atoms with Gasteiger partial charge in [-0.05, 0) is 49.7 Å². The molecule has 2 amide bonds. The molecule has 0 fully saturated rings. The van der Waals surface area contributed by atoms with Crippen LogP contribution in [0.25, 0.3) is 33.3 Å². The molecular formula is C32H28ClF4N5O4. The Bertz CT molecular complexity index is 1950. The molecular weight excluding hydrogens is 630 g/mol. The standard InChI is InChI=1S/C32H28ClF4N5O4/c1-16(34)29(43)41-19-7-9-20(22(33)13-19)27-24(17-6-8-21(23(12-17)46-5)30(44)40-15-32(35,36)37)25-26(42(27)4)18(14-39-28(25)38)10-11-31(2,3)45/h6-9,12-14,45H,1,15H2,2-5H3,(H2,38,39)(H,40,44)(H,41,43). The van der Waals surface area contributed by atoms with Gasteiger partial charge in [0.05, 0.1) is 39.9 Å². The summed E-state index contributed by atoms with van der Waals surface area (Å²) in [6.07, 6.45) is -3.17. The minimum absolute atomic E-state index is 0.0276. The molecule has 0 spiro atoms. The highest BCUT2D eigenvalue weighted by molar-refractivity contribution is 6.34. The number of halogens is 5. The summed E-state index contributed by atoms with van der Waals surface area (Å²) in [6, 6.07) is 8.77. The summed E-state index contributed by atoms with van der Waals surface area (Å²) in [5.74, 6) is 2.52. The number of fused-ring (bicyclic) bond motifs is 1. The molecule has 2 aromatic carbocycles. The Balaban J connectivity index is 2.02. The number of aliphatic hydroxyl groups is 1. The molecule has 9 nitrogen and oxygen atoms in total. The fraction of sp³-hybridized carbons (Fsp3) is 0.219. The summed E-state index contributed by atoms with van der Waals surface area (Å²) in [5, 5.41) is 15.0. The molecule has 0 bridgehead atoms. The molecule has 0 aliphatic rings. The third kappa shape index (κ3) is 7.25. The number of nitrogens with two attached hydrogens (primary N) is 1. The maximum Gasteiger partial charge on any atom is 0.405 e. The van der Waals surface area contributed by atoms with Crippen molar-refractivity contribution >= 4 is 45.8 Å². The average Bonchev–Trinajstić information content (AvgIpc) is 3.28. The number of rotatable bonds is 7. The maximum atomic E-state index is 13.3. The van der Waals surface area contributed by atoms with Crippen molar-refractivity contribution in [3.63, 3.8) is 0 Å². The highest BCUT2D eigenvalue weighted by atomic mass is 35.5. The normalized spacial score (nSPS) is 11.5. The van der Waals surface area contributed by atoms with Crippen LogP contribution in [0.15, 0.2) is 55.0 Å². The monoisotopic (exact) mass is 657 g/mol. The molecule has 0 atom stereocenters. The van der Waals surface area contributed by atoms with Crippen LogP contribution >= 0.6 is 11.6 Å². The first kappa shape index (κ1) is 33.8. The number of pyridine rings is 1. The van der Waals surface area contributed by atoms with Gasteiger partial charge in [0.1, 0.15) is 23.7 Å². The number of methoxy groups -OCH3 is 1. The van der Waals surface area contributed by atoms with Crippen molar-refractivity contribution in [1.82, 2.24) is 14.9 Å².